The van der Waals surface area contributed by atoms with Crippen molar-refractivity contribution in [3.63, 3.8) is 0 Å². The number of amides is 1. The molecule has 5 heteroatoms. The van der Waals surface area contributed by atoms with E-state index in [1.54, 1.807) is 0 Å². The molecule has 126 valence electrons. The maximum atomic E-state index is 12.4. The van der Waals surface area contributed by atoms with Crippen LogP contribution in [-0.4, -0.2) is 37.1 Å². The fraction of sp³-hybridized carbons (Fsp3) is 0.316. The van der Waals surface area contributed by atoms with E-state index >= 15 is 0 Å². The lowest BCUT2D eigenvalue weighted by Crippen LogP contribution is -2.42. The number of para-hydroxylation sites is 1. The maximum Gasteiger partial charge on any atom is 0.226 e. The van der Waals surface area contributed by atoms with Gasteiger partial charge in [0, 0.05) is 11.0 Å². The lowest BCUT2D eigenvalue weighted by Gasteiger charge is -2.33. The van der Waals surface area contributed by atoms with Crippen molar-refractivity contribution in [3.05, 3.63) is 64.6 Å². The SMILES string of the molecule is O=C(CCOc1ccccc1)N1CCOC(c2cccc(Br)c2)C1. The fourth-order valence-electron chi connectivity index (χ4n) is 2.72. The first-order valence-corrected chi connectivity index (χ1v) is 8.84. The van der Waals surface area contributed by atoms with Crippen molar-refractivity contribution in [1.29, 1.82) is 0 Å². The van der Waals surface area contributed by atoms with E-state index in [0.29, 0.717) is 32.7 Å². The number of carbonyl (C=O) groups is 1. The highest BCUT2D eigenvalue weighted by atomic mass is 79.9. The Balaban J connectivity index is 1.51. The first kappa shape index (κ1) is 17.0. The molecule has 1 unspecified atom stereocenters. The predicted octanol–water partition coefficient (Wildman–Crippen LogP) is 3.82. The van der Waals surface area contributed by atoms with Gasteiger partial charge in [0.05, 0.1) is 26.2 Å². The van der Waals surface area contributed by atoms with E-state index in [9.17, 15) is 4.79 Å². The molecule has 4 nitrogen and oxygen atoms in total. The van der Waals surface area contributed by atoms with Crippen LogP contribution in [0.4, 0.5) is 0 Å². The molecule has 1 heterocycles. The molecule has 24 heavy (non-hydrogen) atoms. The first-order chi connectivity index (χ1) is 11.7. The molecule has 0 saturated carbocycles. The van der Waals surface area contributed by atoms with Crippen molar-refractivity contribution < 1.29 is 14.3 Å². The Kier molecular flexibility index (Phi) is 5.88. The molecule has 1 amide bonds. The second-order valence-corrected chi connectivity index (χ2v) is 6.58. The number of benzene rings is 2. The highest BCUT2D eigenvalue weighted by molar-refractivity contribution is 9.10. The van der Waals surface area contributed by atoms with Crippen LogP contribution in [0.5, 0.6) is 5.75 Å². The van der Waals surface area contributed by atoms with Crippen LogP contribution in [0.2, 0.25) is 0 Å². The van der Waals surface area contributed by atoms with Crippen LogP contribution in [0.3, 0.4) is 0 Å². The topological polar surface area (TPSA) is 38.8 Å². The van der Waals surface area contributed by atoms with Crippen molar-refractivity contribution in [2.75, 3.05) is 26.3 Å². The summed E-state index contributed by atoms with van der Waals surface area (Å²) in [6.45, 7) is 2.17. The summed E-state index contributed by atoms with van der Waals surface area (Å²) in [6.07, 6.45) is 0.301. The lowest BCUT2D eigenvalue weighted by atomic mass is 10.1. The third-order valence-corrected chi connectivity index (χ3v) is 4.46. The van der Waals surface area contributed by atoms with Crippen molar-refractivity contribution >= 4 is 21.8 Å². The van der Waals surface area contributed by atoms with Crippen LogP contribution < -0.4 is 4.74 Å². The molecule has 3 rings (SSSR count). The largest absolute Gasteiger partial charge is 0.493 e. The summed E-state index contributed by atoms with van der Waals surface area (Å²) in [7, 11) is 0. The molecule has 1 atom stereocenters. The Morgan fingerprint density at radius 2 is 2.04 bits per heavy atom. The van der Waals surface area contributed by atoms with Gasteiger partial charge in [-0.05, 0) is 29.8 Å². The van der Waals surface area contributed by atoms with Crippen LogP contribution >= 0.6 is 15.9 Å². The molecule has 2 aromatic carbocycles. The molecule has 0 N–H and O–H groups in total. The molecule has 0 bridgehead atoms. The molecule has 1 aliphatic rings. The first-order valence-electron chi connectivity index (χ1n) is 8.05. The summed E-state index contributed by atoms with van der Waals surface area (Å²) in [6, 6.07) is 17.6. The van der Waals surface area contributed by atoms with E-state index in [4.69, 9.17) is 9.47 Å². The Morgan fingerprint density at radius 1 is 1.21 bits per heavy atom. The van der Waals surface area contributed by atoms with Crippen LogP contribution in [0.25, 0.3) is 0 Å². The van der Waals surface area contributed by atoms with Gasteiger partial charge < -0.3 is 14.4 Å². The number of hydrogen-bond donors (Lipinski definition) is 0. The molecular formula is C19H20BrNO3. The number of halogens is 1. The van der Waals surface area contributed by atoms with Gasteiger partial charge in [-0.3, -0.25) is 4.79 Å². The Hall–Kier alpha value is -1.85. The van der Waals surface area contributed by atoms with E-state index < -0.39 is 0 Å². The van der Waals surface area contributed by atoms with Gasteiger partial charge in [-0.2, -0.15) is 0 Å². The quantitative estimate of drug-likeness (QED) is 0.779. The second-order valence-electron chi connectivity index (χ2n) is 5.67. The Labute approximate surface area is 150 Å². The van der Waals surface area contributed by atoms with E-state index in [2.05, 4.69) is 15.9 Å². The van der Waals surface area contributed by atoms with Crippen molar-refractivity contribution in [1.82, 2.24) is 4.90 Å². The zero-order chi connectivity index (χ0) is 16.8. The molecule has 1 aliphatic heterocycles. The van der Waals surface area contributed by atoms with E-state index in [1.165, 1.54) is 0 Å². The van der Waals surface area contributed by atoms with Gasteiger partial charge in [0.2, 0.25) is 5.91 Å². The van der Waals surface area contributed by atoms with Crippen LogP contribution in [0.15, 0.2) is 59.1 Å². The van der Waals surface area contributed by atoms with Gasteiger partial charge in [-0.25, -0.2) is 0 Å². The Morgan fingerprint density at radius 3 is 2.83 bits per heavy atom. The average molecular weight is 390 g/mol. The van der Waals surface area contributed by atoms with Gasteiger partial charge in [-0.15, -0.1) is 0 Å². The highest BCUT2D eigenvalue weighted by Gasteiger charge is 2.25. The maximum absolute atomic E-state index is 12.4. The zero-order valence-electron chi connectivity index (χ0n) is 13.4. The van der Waals surface area contributed by atoms with Crippen LogP contribution in [0, 0.1) is 0 Å². The van der Waals surface area contributed by atoms with Crippen LogP contribution in [-0.2, 0) is 9.53 Å². The number of rotatable bonds is 5. The van der Waals surface area contributed by atoms with E-state index in [1.807, 2.05) is 59.5 Å². The minimum Gasteiger partial charge on any atom is -0.493 e. The standard InChI is InChI=1S/C19H20BrNO3/c20-16-6-4-5-15(13-16)18-14-21(10-12-24-18)19(22)9-11-23-17-7-2-1-3-8-17/h1-8,13,18H,9-12,14H2. The monoisotopic (exact) mass is 389 g/mol. The van der Waals surface area contributed by atoms with E-state index in [-0.39, 0.29) is 12.0 Å². The summed E-state index contributed by atoms with van der Waals surface area (Å²) in [5, 5.41) is 0. The number of carbonyl (C=O) groups excluding carboxylic acids is 1. The smallest absolute Gasteiger partial charge is 0.226 e. The molecule has 1 fully saturated rings. The molecule has 1 saturated heterocycles. The van der Waals surface area contributed by atoms with Gasteiger partial charge in [0.15, 0.2) is 0 Å². The third-order valence-electron chi connectivity index (χ3n) is 3.97. The molecule has 0 aliphatic carbocycles. The number of morpholine rings is 1. The fourth-order valence-corrected chi connectivity index (χ4v) is 3.13. The number of ether oxygens (including phenoxy) is 2. The number of hydrogen-bond acceptors (Lipinski definition) is 3. The Bertz CT molecular complexity index is 677. The summed E-state index contributed by atoms with van der Waals surface area (Å²) >= 11 is 3.48. The zero-order valence-corrected chi connectivity index (χ0v) is 14.9. The second kappa shape index (κ2) is 8.31. The van der Waals surface area contributed by atoms with Gasteiger partial charge in [-0.1, -0.05) is 46.3 Å². The minimum atomic E-state index is -0.0739. The minimum absolute atomic E-state index is 0.0739. The summed E-state index contributed by atoms with van der Waals surface area (Å²) in [4.78, 5) is 14.3. The molecule has 0 spiro atoms. The van der Waals surface area contributed by atoms with Crippen molar-refractivity contribution in [2.24, 2.45) is 0 Å². The van der Waals surface area contributed by atoms with Gasteiger partial charge in [0.25, 0.3) is 0 Å². The number of nitrogens with zero attached hydrogens (tertiary/aromatic N) is 1. The van der Waals surface area contributed by atoms with Crippen LogP contribution in [0.1, 0.15) is 18.1 Å². The van der Waals surface area contributed by atoms with Gasteiger partial charge in [0.1, 0.15) is 11.9 Å². The summed E-state index contributed by atoms with van der Waals surface area (Å²) in [5.74, 6) is 0.897. The van der Waals surface area contributed by atoms with Crippen molar-refractivity contribution in [2.45, 2.75) is 12.5 Å². The summed E-state index contributed by atoms with van der Waals surface area (Å²) in [5.41, 5.74) is 1.09. The summed E-state index contributed by atoms with van der Waals surface area (Å²) < 4.78 is 12.5. The molecular weight excluding hydrogens is 370 g/mol. The van der Waals surface area contributed by atoms with E-state index in [0.717, 1.165) is 15.8 Å². The normalized spacial score (nSPS) is 17.5. The third kappa shape index (κ3) is 4.58. The molecule has 0 radical (unpaired) electrons. The molecule has 0 aromatic heterocycles. The average Bonchev–Trinajstić information content (AvgIpc) is 2.63. The van der Waals surface area contributed by atoms with Crippen molar-refractivity contribution in [3.8, 4) is 5.75 Å². The highest BCUT2D eigenvalue weighted by Crippen LogP contribution is 2.25. The predicted molar refractivity (Wildman–Crippen MR) is 96.0 cm³/mol. The molecule has 2 aromatic rings. The lowest BCUT2D eigenvalue weighted by molar-refractivity contribution is -0.139. The van der Waals surface area contributed by atoms with Gasteiger partial charge >= 0.3 is 0 Å².